The third-order valence-electron chi connectivity index (χ3n) is 5.31. The molecule has 0 saturated heterocycles. The van der Waals surface area contributed by atoms with Crippen LogP contribution in [0.4, 0.5) is 0 Å². The van der Waals surface area contributed by atoms with Crippen molar-refractivity contribution in [3.63, 3.8) is 0 Å². The Labute approximate surface area is 208 Å². The second-order valence-electron chi connectivity index (χ2n) is 7.34. The molecule has 2 aromatic carbocycles. The number of allylic oxidation sites excluding steroid dienone is 1. The molecule has 1 aliphatic heterocycles. The Balaban J connectivity index is 1.89. The summed E-state index contributed by atoms with van der Waals surface area (Å²) in [6, 6.07) is 16.1. The highest BCUT2D eigenvalue weighted by atomic mass is 79.9. The van der Waals surface area contributed by atoms with Gasteiger partial charge in [-0.25, -0.2) is 9.79 Å². The first kappa shape index (κ1) is 23.7. The second-order valence-corrected chi connectivity index (χ2v) is 9.20. The Bertz CT molecular complexity index is 1500. The summed E-state index contributed by atoms with van der Waals surface area (Å²) in [5.74, 6) is 0.0418. The van der Waals surface area contributed by atoms with Crippen LogP contribution in [0.2, 0.25) is 0 Å². The lowest BCUT2D eigenvalue weighted by atomic mass is 9.95. The number of carbonyl (C=O) groups is 1. The number of hydrogen-bond acceptors (Lipinski definition) is 7. The first-order valence-corrected chi connectivity index (χ1v) is 12.1. The number of esters is 1. The van der Waals surface area contributed by atoms with Crippen molar-refractivity contribution in [3.05, 3.63) is 95.1 Å². The molecule has 3 aromatic rings. The largest absolute Gasteiger partial charge is 0.478 e. The Hall–Kier alpha value is -3.48. The second kappa shape index (κ2) is 10.2. The molecule has 9 heteroatoms. The van der Waals surface area contributed by atoms with E-state index in [0.717, 1.165) is 11.1 Å². The number of rotatable bonds is 6. The van der Waals surface area contributed by atoms with Crippen molar-refractivity contribution >= 4 is 39.3 Å². The van der Waals surface area contributed by atoms with Gasteiger partial charge in [-0.05, 0) is 51.7 Å². The molecule has 1 aliphatic rings. The third-order valence-corrected chi connectivity index (χ3v) is 6.91. The minimum Gasteiger partial charge on any atom is -0.478 e. The van der Waals surface area contributed by atoms with Gasteiger partial charge in [0.15, 0.2) is 11.4 Å². The molecule has 0 saturated carbocycles. The average molecular weight is 538 g/mol. The van der Waals surface area contributed by atoms with Gasteiger partial charge in [0.2, 0.25) is 0 Å². The van der Waals surface area contributed by atoms with Gasteiger partial charge < -0.3 is 9.47 Å². The number of hydrogen-bond donors (Lipinski definition) is 0. The lowest BCUT2D eigenvalue weighted by Gasteiger charge is -2.25. The predicted molar refractivity (Wildman–Crippen MR) is 132 cm³/mol. The van der Waals surface area contributed by atoms with Crippen LogP contribution in [-0.4, -0.2) is 24.3 Å². The predicted octanol–water partition coefficient (Wildman–Crippen LogP) is 3.46. The molecule has 1 aromatic heterocycles. The lowest BCUT2D eigenvalue weighted by molar-refractivity contribution is -0.136. The first-order chi connectivity index (χ1) is 16.5. The van der Waals surface area contributed by atoms with Gasteiger partial charge in [-0.3, -0.25) is 9.36 Å². The maximum atomic E-state index is 13.6. The van der Waals surface area contributed by atoms with Crippen molar-refractivity contribution in [2.24, 2.45) is 4.99 Å². The maximum Gasteiger partial charge on any atom is 0.338 e. The molecule has 1 atom stereocenters. The summed E-state index contributed by atoms with van der Waals surface area (Å²) >= 11 is 4.72. The van der Waals surface area contributed by atoms with E-state index in [4.69, 9.17) is 14.7 Å². The van der Waals surface area contributed by atoms with E-state index in [0.29, 0.717) is 37.2 Å². The highest BCUT2D eigenvalue weighted by Crippen LogP contribution is 2.31. The normalized spacial score (nSPS) is 15.4. The molecule has 0 radical (unpaired) electrons. The molecule has 7 nitrogen and oxygen atoms in total. The molecule has 34 heavy (non-hydrogen) atoms. The Morgan fingerprint density at radius 2 is 2.06 bits per heavy atom. The van der Waals surface area contributed by atoms with Crippen LogP contribution in [0, 0.1) is 11.3 Å². The molecule has 0 fully saturated rings. The highest BCUT2D eigenvalue weighted by Gasteiger charge is 2.33. The van der Waals surface area contributed by atoms with Gasteiger partial charge in [0.1, 0.15) is 11.8 Å². The number of thiazole rings is 1. The number of nitrogens with zero attached hydrogens (tertiary/aromatic N) is 3. The van der Waals surface area contributed by atoms with Crippen LogP contribution in [0.25, 0.3) is 6.08 Å². The van der Waals surface area contributed by atoms with Crippen LogP contribution in [-0.2, 0) is 9.53 Å². The van der Waals surface area contributed by atoms with Gasteiger partial charge in [-0.15, -0.1) is 0 Å². The molecule has 0 N–H and O–H groups in total. The van der Waals surface area contributed by atoms with Crippen molar-refractivity contribution in [2.75, 3.05) is 13.7 Å². The zero-order valence-corrected chi connectivity index (χ0v) is 20.9. The van der Waals surface area contributed by atoms with Gasteiger partial charge in [0, 0.05) is 0 Å². The summed E-state index contributed by atoms with van der Waals surface area (Å²) in [6.45, 7) is 1.87. The Morgan fingerprint density at radius 3 is 2.71 bits per heavy atom. The fraction of sp³-hybridized carbons (Fsp3) is 0.200. The van der Waals surface area contributed by atoms with Crippen LogP contribution >= 0.6 is 27.3 Å². The van der Waals surface area contributed by atoms with Crippen molar-refractivity contribution in [3.8, 4) is 11.8 Å². The molecular weight excluding hydrogens is 518 g/mol. The van der Waals surface area contributed by atoms with E-state index in [1.54, 1.807) is 16.7 Å². The molecule has 2 heterocycles. The summed E-state index contributed by atoms with van der Waals surface area (Å²) in [5, 5.41) is 8.71. The van der Waals surface area contributed by atoms with Gasteiger partial charge in [0.05, 0.1) is 33.4 Å². The molecule has 0 amide bonds. The zero-order chi connectivity index (χ0) is 24.2. The number of nitriles is 1. The van der Waals surface area contributed by atoms with E-state index >= 15 is 0 Å². The van der Waals surface area contributed by atoms with E-state index in [9.17, 15) is 9.59 Å². The summed E-state index contributed by atoms with van der Waals surface area (Å²) < 4.78 is 13.2. The molecule has 0 unspecified atom stereocenters. The number of ether oxygens (including phenoxy) is 2. The maximum absolute atomic E-state index is 13.6. The van der Waals surface area contributed by atoms with Crippen LogP contribution in [0.5, 0.6) is 5.75 Å². The fourth-order valence-electron chi connectivity index (χ4n) is 3.80. The van der Waals surface area contributed by atoms with E-state index in [-0.39, 0.29) is 12.2 Å². The van der Waals surface area contributed by atoms with E-state index < -0.39 is 12.0 Å². The van der Waals surface area contributed by atoms with Crippen molar-refractivity contribution in [2.45, 2.75) is 19.4 Å². The number of aromatic nitrogens is 1. The number of halogens is 1. The summed E-state index contributed by atoms with van der Waals surface area (Å²) in [7, 11) is 1.33. The number of fused-ring (bicyclic) bond motifs is 1. The highest BCUT2D eigenvalue weighted by molar-refractivity contribution is 9.10. The third kappa shape index (κ3) is 4.47. The quantitative estimate of drug-likeness (QED) is 0.449. The molecule has 0 spiro atoms. The van der Waals surface area contributed by atoms with Gasteiger partial charge in [-0.2, -0.15) is 5.26 Å². The minimum absolute atomic E-state index is 0.0572. The molecular formula is C25H20BrN3O4S. The summed E-state index contributed by atoms with van der Waals surface area (Å²) in [5.41, 5.74) is 2.32. The van der Waals surface area contributed by atoms with E-state index in [1.165, 1.54) is 18.4 Å². The summed E-state index contributed by atoms with van der Waals surface area (Å²) in [4.78, 5) is 31.6. The van der Waals surface area contributed by atoms with Crippen molar-refractivity contribution in [1.82, 2.24) is 4.57 Å². The molecule has 172 valence electrons. The number of methoxy groups -OCH3 is 1. The van der Waals surface area contributed by atoms with Gasteiger partial charge in [-0.1, -0.05) is 54.7 Å². The standard InChI is InChI=1S/C25H20BrN3O4S/c1-3-18-21(24(31)32-2)22(16-7-5-4-6-8-16)29-23(30)20(34-25(29)28-18)14-15-9-10-19(17(26)13-15)33-12-11-27/h4-10,13-14,22H,3,12H2,1-2H3/b20-14-/t22-/m0/s1. The monoisotopic (exact) mass is 537 g/mol. The lowest BCUT2D eigenvalue weighted by Crippen LogP contribution is -2.40. The van der Waals surface area contributed by atoms with E-state index in [2.05, 4.69) is 20.9 Å². The van der Waals surface area contributed by atoms with Crippen LogP contribution < -0.4 is 19.6 Å². The van der Waals surface area contributed by atoms with Crippen LogP contribution in [0.1, 0.15) is 30.5 Å². The van der Waals surface area contributed by atoms with Crippen molar-refractivity contribution in [1.29, 1.82) is 5.26 Å². The zero-order valence-electron chi connectivity index (χ0n) is 18.4. The van der Waals surface area contributed by atoms with Crippen LogP contribution in [0.3, 0.4) is 0 Å². The fourth-order valence-corrected chi connectivity index (χ4v) is 5.33. The van der Waals surface area contributed by atoms with E-state index in [1.807, 2.05) is 55.5 Å². The summed E-state index contributed by atoms with van der Waals surface area (Å²) in [6.07, 6.45) is 2.30. The Kier molecular flexibility index (Phi) is 7.10. The smallest absolute Gasteiger partial charge is 0.338 e. The Morgan fingerprint density at radius 1 is 1.29 bits per heavy atom. The van der Waals surface area contributed by atoms with Crippen LogP contribution in [0.15, 0.2) is 74.1 Å². The molecule has 0 bridgehead atoms. The first-order valence-electron chi connectivity index (χ1n) is 10.5. The average Bonchev–Trinajstić information content (AvgIpc) is 3.16. The SMILES string of the molecule is CCC1=C(C(=O)OC)[C@H](c2ccccc2)n2c(s/c(=C\c3ccc(OCC#N)c(Br)c3)c2=O)=N1. The number of carbonyl (C=O) groups excluding carboxylic acids is 1. The number of benzene rings is 2. The topological polar surface area (TPSA) is 93.7 Å². The van der Waals surface area contributed by atoms with Gasteiger partial charge in [0.25, 0.3) is 5.56 Å². The minimum atomic E-state index is -0.629. The van der Waals surface area contributed by atoms with Gasteiger partial charge >= 0.3 is 5.97 Å². The molecule has 0 aliphatic carbocycles. The van der Waals surface area contributed by atoms with Crippen molar-refractivity contribution < 1.29 is 14.3 Å². The molecule has 4 rings (SSSR count).